The highest BCUT2D eigenvalue weighted by Gasteiger charge is 2.16. The van der Waals surface area contributed by atoms with E-state index in [9.17, 15) is 4.79 Å². The Bertz CT molecular complexity index is 204. The second kappa shape index (κ2) is 7.60. The van der Waals surface area contributed by atoms with Gasteiger partial charge in [0.25, 0.3) is 0 Å². The van der Waals surface area contributed by atoms with Gasteiger partial charge in [0.05, 0.1) is 38.4 Å². The van der Waals surface area contributed by atoms with Crippen molar-refractivity contribution in [3.63, 3.8) is 0 Å². The Labute approximate surface area is 96.4 Å². The molecule has 0 amide bonds. The minimum atomic E-state index is -0.157. The van der Waals surface area contributed by atoms with E-state index in [1.807, 2.05) is 13.8 Å². The van der Waals surface area contributed by atoms with Gasteiger partial charge in [-0.1, -0.05) is 6.92 Å². The van der Waals surface area contributed by atoms with Crippen LogP contribution in [-0.4, -0.2) is 51.6 Å². The molecule has 0 spiro atoms. The van der Waals surface area contributed by atoms with Crippen molar-refractivity contribution >= 4 is 5.97 Å². The van der Waals surface area contributed by atoms with E-state index in [-0.39, 0.29) is 18.0 Å². The summed E-state index contributed by atoms with van der Waals surface area (Å²) in [6.07, 6.45) is 0.100. The average Bonchev–Trinajstić information content (AvgIpc) is 2.30. The van der Waals surface area contributed by atoms with Gasteiger partial charge >= 0.3 is 5.97 Å². The Balaban J connectivity index is 2.07. The second-order valence-corrected chi connectivity index (χ2v) is 3.88. The van der Waals surface area contributed by atoms with Crippen molar-refractivity contribution in [3.05, 3.63) is 0 Å². The highest BCUT2D eigenvalue weighted by atomic mass is 16.6. The summed E-state index contributed by atoms with van der Waals surface area (Å²) in [5, 5.41) is 3.19. The van der Waals surface area contributed by atoms with E-state index >= 15 is 0 Å². The van der Waals surface area contributed by atoms with Crippen molar-refractivity contribution in [3.8, 4) is 0 Å². The maximum absolute atomic E-state index is 11.3. The lowest BCUT2D eigenvalue weighted by molar-refractivity contribution is -0.147. The number of carbonyl (C=O) groups is 1. The molecule has 5 heteroatoms. The van der Waals surface area contributed by atoms with Crippen LogP contribution in [0.5, 0.6) is 0 Å². The molecule has 2 unspecified atom stereocenters. The fourth-order valence-electron chi connectivity index (χ4n) is 1.48. The molecule has 0 radical (unpaired) electrons. The highest BCUT2D eigenvalue weighted by molar-refractivity contribution is 5.72. The van der Waals surface area contributed by atoms with Crippen LogP contribution in [0.2, 0.25) is 0 Å². The first-order chi connectivity index (χ1) is 7.74. The summed E-state index contributed by atoms with van der Waals surface area (Å²) in [5.74, 6) is -0.278. The molecule has 0 aromatic carbocycles. The minimum absolute atomic E-state index is 0.100. The van der Waals surface area contributed by atoms with Crippen LogP contribution in [0, 0.1) is 5.92 Å². The zero-order valence-corrected chi connectivity index (χ0v) is 10.0. The number of hydrogen-bond donors (Lipinski definition) is 1. The van der Waals surface area contributed by atoms with Gasteiger partial charge in [-0.05, 0) is 6.92 Å². The summed E-state index contributed by atoms with van der Waals surface area (Å²) in [7, 11) is 0. The molecule has 94 valence electrons. The van der Waals surface area contributed by atoms with Crippen LogP contribution in [0.15, 0.2) is 0 Å². The molecular formula is C11H21NO4. The van der Waals surface area contributed by atoms with E-state index in [1.54, 1.807) is 0 Å². The summed E-state index contributed by atoms with van der Waals surface area (Å²) in [4.78, 5) is 11.3. The molecule has 1 rings (SSSR count). The molecule has 0 aromatic rings. The zero-order chi connectivity index (χ0) is 11.8. The first-order valence-corrected chi connectivity index (χ1v) is 5.80. The van der Waals surface area contributed by atoms with Gasteiger partial charge in [0.1, 0.15) is 0 Å². The quantitative estimate of drug-likeness (QED) is 0.661. The minimum Gasteiger partial charge on any atom is -0.466 e. The van der Waals surface area contributed by atoms with Crippen LogP contribution in [0.25, 0.3) is 0 Å². The normalized spacial score (nSPS) is 22.8. The van der Waals surface area contributed by atoms with Gasteiger partial charge in [0, 0.05) is 13.1 Å². The first kappa shape index (κ1) is 13.4. The van der Waals surface area contributed by atoms with Gasteiger partial charge in [-0.2, -0.15) is 0 Å². The summed E-state index contributed by atoms with van der Waals surface area (Å²) in [6.45, 7) is 7.37. The van der Waals surface area contributed by atoms with Gasteiger partial charge < -0.3 is 19.5 Å². The summed E-state index contributed by atoms with van der Waals surface area (Å²) >= 11 is 0. The molecule has 1 N–H and O–H groups in total. The molecule has 1 aliphatic heterocycles. The topological polar surface area (TPSA) is 56.8 Å². The number of carbonyl (C=O) groups excluding carboxylic acids is 1. The Morgan fingerprint density at radius 2 is 2.38 bits per heavy atom. The van der Waals surface area contributed by atoms with E-state index in [4.69, 9.17) is 14.2 Å². The third-order valence-corrected chi connectivity index (χ3v) is 2.40. The second-order valence-electron chi connectivity index (χ2n) is 3.88. The number of rotatable bonds is 6. The lowest BCUT2D eigenvalue weighted by atomic mass is 10.2. The largest absolute Gasteiger partial charge is 0.466 e. The molecule has 2 atom stereocenters. The van der Waals surface area contributed by atoms with Crippen molar-refractivity contribution in [1.29, 1.82) is 0 Å². The average molecular weight is 231 g/mol. The Kier molecular flexibility index (Phi) is 6.37. The van der Waals surface area contributed by atoms with Crippen molar-refractivity contribution < 1.29 is 19.0 Å². The van der Waals surface area contributed by atoms with Gasteiger partial charge in [-0.3, -0.25) is 4.79 Å². The molecule has 0 saturated carbocycles. The number of ether oxygens (including phenoxy) is 3. The third kappa shape index (κ3) is 4.92. The molecule has 16 heavy (non-hydrogen) atoms. The Morgan fingerprint density at radius 1 is 1.56 bits per heavy atom. The molecule has 1 aliphatic rings. The first-order valence-electron chi connectivity index (χ1n) is 5.80. The predicted molar refractivity (Wildman–Crippen MR) is 59.2 cm³/mol. The number of esters is 1. The Morgan fingerprint density at radius 3 is 3.00 bits per heavy atom. The molecule has 0 bridgehead atoms. The monoisotopic (exact) mass is 231 g/mol. The lowest BCUT2D eigenvalue weighted by Crippen LogP contribution is -2.39. The standard InChI is InChI=1S/C11H21NO4/c1-3-15-11(13)9(2)6-12-7-10-8-14-4-5-16-10/h9-10,12H,3-8H2,1-2H3. The van der Waals surface area contributed by atoms with Gasteiger partial charge in [0.2, 0.25) is 0 Å². The summed E-state index contributed by atoms with van der Waals surface area (Å²) in [6, 6.07) is 0. The zero-order valence-electron chi connectivity index (χ0n) is 10.0. The highest BCUT2D eigenvalue weighted by Crippen LogP contribution is 2.00. The number of hydrogen-bond acceptors (Lipinski definition) is 5. The lowest BCUT2D eigenvalue weighted by Gasteiger charge is -2.23. The molecule has 0 aromatic heterocycles. The SMILES string of the molecule is CCOC(=O)C(C)CNCC1COCCO1. The maximum Gasteiger partial charge on any atom is 0.309 e. The van der Waals surface area contributed by atoms with Crippen LogP contribution in [0.1, 0.15) is 13.8 Å². The van der Waals surface area contributed by atoms with E-state index in [2.05, 4.69) is 5.32 Å². The molecule has 5 nitrogen and oxygen atoms in total. The molecule has 0 aliphatic carbocycles. The van der Waals surface area contributed by atoms with Crippen molar-refractivity contribution in [2.24, 2.45) is 5.92 Å². The predicted octanol–water partition coefficient (Wildman–Crippen LogP) is 0.191. The van der Waals surface area contributed by atoms with Crippen LogP contribution >= 0.6 is 0 Å². The van der Waals surface area contributed by atoms with Crippen molar-refractivity contribution in [2.75, 3.05) is 39.5 Å². The van der Waals surface area contributed by atoms with E-state index in [0.717, 1.165) is 0 Å². The van der Waals surface area contributed by atoms with Crippen LogP contribution in [-0.2, 0) is 19.0 Å². The van der Waals surface area contributed by atoms with E-state index in [1.165, 1.54) is 0 Å². The molecule has 1 fully saturated rings. The van der Waals surface area contributed by atoms with E-state index < -0.39 is 0 Å². The van der Waals surface area contributed by atoms with Crippen LogP contribution in [0.3, 0.4) is 0 Å². The van der Waals surface area contributed by atoms with Crippen molar-refractivity contribution in [1.82, 2.24) is 5.32 Å². The van der Waals surface area contributed by atoms with E-state index in [0.29, 0.717) is 39.5 Å². The summed E-state index contributed by atoms with van der Waals surface area (Å²) < 4.78 is 15.6. The molecule has 1 heterocycles. The third-order valence-electron chi connectivity index (χ3n) is 2.40. The molecular weight excluding hydrogens is 210 g/mol. The van der Waals surface area contributed by atoms with Gasteiger partial charge in [-0.15, -0.1) is 0 Å². The fraction of sp³-hybridized carbons (Fsp3) is 0.909. The van der Waals surface area contributed by atoms with Crippen molar-refractivity contribution in [2.45, 2.75) is 20.0 Å². The summed E-state index contributed by atoms with van der Waals surface area (Å²) in [5.41, 5.74) is 0. The fourth-order valence-corrected chi connectivity index (χ4v) is 1.48. The smallest absolute Gasteiger partial charge is 0.309 e. The molecule has 1 saturated heterocycles. The maximum atomic E-state index is 11.3. The number of nitrogens with one attached hydrogen (secondary N) is 1. The van der Waals surface area contributed by atoms with Gasteiger partial charge in [-0.25, -0.2) is 0 Å². The van der Waals surface area contributed by atoms with Crippen LogP contribution in [0.4, 0.5) is 0 Å². The Hall–Kier alpha value is -0.650. The van der Waals surface area contributed by atoms with Crippen LogP contribution < -0.4 is 5.32 Å². The van der Waals surface area contributed by atoms with Gasteiger partial charge in [0.15, 0.2) is 0 Å².